The highest BCUT2D eigenvalue weighted by Crippen LogP contribution is 2.33. The Kier molecular flexibility index (Phi) is 5.19. The molecule has 3 rings (SSSR count). The summed E-state index contributed by atoms with van der Waals surface area (Å²) in [4.78, 5) is 18.5. The molecule has 0 aromatic heterocycles. The number of thioether (sulfide) groups is 1. The molecule has 0 atom stereocenters. The number of amidine groups is 1. The maximum atomic E-state index is 13.3. The smallest absolute Gasteiger partial charge is 0.266 e. The Balaban J connectivity index is 1.82. The number of amides is 1. The van der Waals surface area contributed by atoms with Gasteiger partial charge in [0.05, 0.1) is 4.91 Å². The van der Waals surface area contributed by atoms with Crippen LogP contribution in [0.4, 0.5) is 4.39 Å². The quantitative estimate of drug-likeness (QED) is 0.780. The van der Waals surface area contributed by atoms with Crippen LogP contribution >= 0.6 is 11.8 Å². The van der Waals surface area contributed by atoms with E-state index in [0.29, 0.717) is 15.8 Å². The SMILES string of the molecule is CN=C1S/C(=C/c2ccccc2OCc2cccc(F)c2)C(=O)N1C. The second-order valence-electron chi connectivity index (χ2n) is 5.44. The molecule has 0 unspecified atom stereocenters. The van der Waals surface area contributed by atoms with Crippen LogP contribution in [0, 0.1) is 5.82 Å². The minimum atomic E-state index is -0.293. The number of carbonyl (C=O) groups is 1. The van der Waals surface area contributed by atoms with Crippen molar-refractivity contribution in [2.75, 3.05) is 14.1 Å². The van der Waals surface area contributed by atoms with E-state index in [-0.39, 0.29) is 18.3 Å². The third-order valence-electron chi connectivity index (χ3n) is 3.68. The van der Waals surface area contributed by atoms with E-state index in [0.717, 1.165) is 11.1 Å². The van der Waals surface area contributed by atoms with Crippen LogP contribution in [0.25, 0.3) is 6.08 Å². The topological polar surface area (TPSA) is 41.9 Å². The average molecular weight is 356 g/mol. The van der Waals surface area contributed by atoms with E-state index in [9.17, 15) is 9.18 Å². The lowest BCUT2D eigenvalue weighted by Crippen LogP contribution is -2.23. The number of hydrogen-bond donors (Lipinski definition) is 0. The van der Waals surface area contributed by atoms with Gasteiger partial charge in [-0.3, -0.25) is 14.7 Å². The lowest BCUT2D eigenvalue weighted by Gasteiger charge is -2.10. The van der Waals surface area contributed by atoms with E-state index in [2.05, 4.69) is 4.99 Å². The molecule has 1 aliphatic rings. The standard InChI is InChI=1S/C19H17FN2O2S/c1-21-19-22(2)18(23)17(25-19)11-14-7-3-4-9-16(14)24-12-13-6-5-8-15(20)10-13/h3-11H,12H2,1-2H3/b17-11+,21-19?. The second-order valence-corrected chi connectivity index (χ2v) is 6.45. The minimum Gasteiger partial charge on any atom is -0.488 e. The first kappa shape index (κ1) is 17.2. The van der Waals surface area contributed by atoms with E-state index in [1.54, 1.807) is 32.3 Å². The highest BCUT2D eigenvalue weighted by molar-refractivity contribution is 8.18. The lowest BCUT2D eigenvalue weighted by atomic mass is 10.1. The van der Waals surface area contributed by atoms with E-state index < -0.39 is 0 Å². The van der Waals surface area contributed by atoms with Gasteiger partial charge in [-0.05, 0) is 41.6 Å². The number of nitrogens with zero attached hydrogens (tertiary/aromatic N) is 2. The van der Waals surface area contributed by atoms with Crippen molar-refractivity contribution in [1.82, 2.24) is 4.90 Å². The average Bonchev–Trinajstić information content (AvgIpc) is 2.89. The van der Waals surface area contributed by atoms with Gasteiger partial charge in [0.15, 0.2) is 5.17 Å². The van der Waals surface area contributed by atoms with Crippen LogP contribution in [-0.2, 0) is 11.4 Å². The molecule has 2 aromatic carbocycles. The van der Waals surface area contributed by atoms with Crippen LogP contribution in [0.2, 0.25) is 0 Å². The van der Waals surface area contributed by atoms with Gasteiger partial charge in [0.1, 0.15) is 18.2 Å². The van der Waals surface area contributed by atoms with Gasteiger partial charge in [0.2, 0.25) is 0 Å². The number of para-hydroxylation sites is 1. The number of halogens is 1. The summed E-state index contributed by atoms with van der Waals surface area (Å²) in [5.41, 5.74) is 1.54. The fraction of sp³-hybridized carbons (Fsp3) is 0.158. The molecule has 25 heavy (non-hydrogen) atoms. The van der Waals surface area contributed by atoms with Crippen molar-refractivity contribution in [3.05, 3.63) is 70.4 Å². The van der Waals surface area contributed by atoms with E-state index in [4.69, 9.17) is 4.74 Å². The number of rotatable bonds is 4. The summed E-state index contributed by atoms with van der Waals surface area (Å²) in [5, 5.41) is 0.661. The third kappa shape index (κ3) is 3.91. The summed E-state index contributed by atoms with van der Waals surface area (Å²) in [6.45, 7) is 0.251. The second kappa shape index (κ2) is 7.53. The molecule has 128 valence electrons. The van der Waals surface area contributed by atoms with Crippen LogP contribution in [0.15, 0.2) is 58.4 Å². The van der Waals surface area contributed by atoms with Gasteiger partial charge >= 0.3 is 0 Å². The Morgan fingerprint density at radius 1 is 1.24 bits per heavy atom. The van der Waals surface area contributed by atoms with Crippen molar-refractivity contribution in [2.24, 2.45) is 4.99 Å². The zero-order chi connectivity index (χ0) is 17.8. The highest BCUT2D eigenvalue weighted by Gasteiger charge is 2.29. The molecule has 1 amide bonds. The van der Waals surface area contributed by atoms with Crippen molar-refractivity contribution in [2.45, 2.75) is 6.61 Å². The predicted molar refractivity (Wildman–Crippen MR) is 98.9 cm³/mol. The lowest BCUT2D eigenvalue weighted by molar-refractivity contribution is -0.121. The first-order valence-electron chi connectivity index (χ1n) is 7.69. The maximum absolute atomic E-state index is 13.3. The molecule has 0 bridgehead atoms. The van der Waals surface area contributed by atoms with Crippen molar-refractivity contribution < 1.29 is 13.9 Å². The van der Waals surface area contributed by atoms with Gasteiger partial charge in [-0.25, -0.2) is 4.39 Å². The third-order valence-corrected chi connectivity index (χ3v) is 4.84. The maximum Gasteiger partial charge on any atom is 0.266 e. The van der Waals surface area contributed by atoms with E-state index >= 15 is 0 Å². The van der Waals surface area contributed by atoms with Crippen LogP contribution in [-0.4, -0.2) is 30.1 Å². The van der Waals surface area contributed by atoms with Crippen LogP contribution in [0.5, 0.6) is 5.75 Å². The van der Waals surface area contributed by atoms with Gasteiger partial charge < -0.3 is 4.74 Å². The fourth-order valence-corrected chi connectivity index (χ4v) is 3.33. The van der Waals surface area contributed by atoms with Crippen LogP contribution in [0.3, 0.4) is 0 Å². The van der Waals surface area contributed by atoms with Crippen molar-refractivity contribution in [3.63, 3.8) is 0 Å². The van der Waals surface area contributed by atoms with E-state index in [1.165, 1.54) is 28.8 Å². The Morgan fingerprint density at radius 3 is 2.76 bits per heavy atom. The summed E-state index contributed by atoms with van der Waals surface area (Å²) in [5.74, 6) is 0.251. The molecule has 4 nitrogen and oxygen atoms in total. The summed E-state index contributed by atoms with van der Waals surface area (Å²) in [7, 11) is 3.36. The molecule has 0 spiro atoms. The molecule has 0 saturated carbocycles. The molecule has 2 aromatic rings. The molecule has 0 aliphatic carbocycles. The fourth-order valence-electron chi connectivity index (χ4n) is 2.41. The zero-order valence-electron chi connectivity index (χ0n) is 13.9. The first-order chi connectivity index (χ1) is 12.1. The molecule has 1 fully saturated rings. The molecular formula is C19H17FN2O2S. The Hall–Kier alpha value is -2.60. The Bertz CT molecular complexity index is 864. The monoisotopic (exact) mass is 356 g/mol. The summed E-state index contributed by atoms with van der Waals surface area (Å²) < 4.78 is 19.1. The number of carbonyl (C=O) groups excluding carboxylic acids is 1. The number of benzene rings is 2. The van der Waals surface area contributed by atoms with Crippen molar-refractivity contribution >= 4 is 28.9 Å². The van der Waals surface area contributed by atoms with Crippen molar-refractivity contribution in [3.8, 4) is 5.75 Å². The van der Waals surface area contributed by atoms with Crippen LogP contribution in [0.1, 0.15) is 11.1 Å². The molecule has 0 radical (unpaired) electrons. The van der Waals surface area contributed by atoms with Gasteiger partial charge in [-0.1, -0.05) is 30.3 Å². The van der Waals surface area contributed by atoms with Gasteiger partial charge in [-0.2, -0.15) is 0 Å². The number of hydrogen-bond acceptors (Lipinski definition) is 4. The molecule has 1 saturated heterocycles. The number of likely N-dealkylation sites (N-methyl/N-ethyl adjacent to an activating group) is 1. The molecule has 1 heterocycles. The molecule has 6 heteroatoms. The number of ether oxygens (including phenoxy) is 1. The number of aliphatic imine (C=N–C) groups is 1. The van der Waals surface area contributed by atoms with Gasteiger partial charge in [0.25, 0.3) is 5.91 Å². The summed E-state index contributed by atoms with van der Waals surface area (Å²) >= 11 is 1.33. The zero-order valence-corrected chi connectivity index (χ0v) is 14.7. The Morgan fingerprint density at radius 2 is 2.04 bits per heavy atom. The van der Waals surface area contributed by atoms with Crippen molar-refractivity contribution in [1.29, 1.82) is 0 Å². The summed E-state index contributed by atoms with van der Waals surface area (Å²) in [6.07, 6.45) is 1.79. The normalized spacial score (nSPS) is 17.6. The predicted octanol–water partition coefficient (Wildman–Crippen LogP) is 3.94. The largest absolute Gasteiger partial charge is 0.488 e. The molecule has 0 N–H and O–H groups in total. The van der Waals surface area contributed by atoms with Crippen LogP contribution < -0.4 is 4.74 Å². The van der Waals surface area contributed by atoms with Gasteiger partial charge in [0, 0.05) is 19.7 Å². The summed E-state index contributed by atoms with van der Waals surface area (Å²) in [6, 6.07) is 13.7. The van der Waals surface area contributed by atoms with E-state index in [1.807, 2.05) is 24.3 Å². The minimum absolute atomic E-state index is 0.0921. The highest BCUT2D eigenvalue weighted by atomic mass is 32.2. The molecular weight excluding hydrogens is 339 g/mol. The Labute approximate surface area is 150 Å². The molecule has 1 aliphatic heterocycles. The first-order valence-corrected chi connectivity index (χ1v) is 8.51. The van der Waals surface area contributed by atoms with Gasteiger partial charge in [-0.15, -0.1) is 0 Å².